The van der Waals surface area contributed by atoms with Gasteiger partial charge in [-0.1, -0.05) is 48.0 Å². The molecule has 31 heavy (non-hydrogen) atoms. The SMILES string of the molecule is COC(=O)Oc1ccc(Cl)c2[nH]cc(CSCCC3CC(c4ccccc4)=CCN3)c12. The molecule has 0 spiro atoms. The molecule has 5 nitrogen and oxygen atoms in total. The number of halogens is 1. The molecule has 0 amide bonds. The molecule has 0 saturated carbocycles. The van der Waals surface area contributed by atoms with Crippen molar-refractivity contribution in [1.82, 2.24) is 10.3 Å². The number of hydrogen-bond donors (Lipinski definition) is 2. The van der Waals surface area contributed by atoms with Crippen LogP contribution < -0.4 is 10.1 Å². The van der Waals surface area contributed by atoms with Gasteiger partial charge in [-0.2, -0.15) is 11.8 Å². The van der Waals surface area contributed by atoms with E-state index < -0.39 is 6.16 Å². The number of fused-ring (bicyclic) bond motifs is 1. The van der Waals surface area contributed by atoms with Gasteiger partial charge in [0.05, 0.1) is 17.6 Å². The smallest absolute Gasteiger partial charge is 0.437 e. The van der Waals surface area contributed by atoms with E-state index in [1.54, 1.807) is 12.1 Å². The topological polar surface area (TPSA) is 63.4 Å². The number of thioether (sulfide) groups is 1. The van der Waals surface area contributed by atoms with Crippen molar-refractivity contribution in [1.29, 1.82) is 0 Å². The summed E-state index contributed by atoms with van der Waals surface area (Å²) in [6.45, 7) is 0.911. The lowest BCUT2D eigenvalue weighted by atomic mass is 9.94. The van der Waals surface area contributed by atoms with Gasteiger partial charge in [-0.3, -0.25) is 0 Å². The van der Waals surface area contributed by atoms with Gasteiger partial charge in [-0.25, -0.2) is 4.79 Å². The normalized spacial score (nSPS) is 16.2. The van der Waals surface area contributed by atoms with E-state index in [1.807, 2.05) is 18.0 Å². The van der Waals surface area contributed by atoms with Crippen molar-refractivity contribution in [2.24, 2.45) is 0 Å². The van der Waals surface area contributed by atoms with Crippen molar-refractivity contribution < 1.29 is 14.3 Å². The number of methoxy groups -OCH3 is 1. The van der Waals surface area contributed by atoms with Crippen LogP contribution in [-0.2, 0) is 10.5 Å². The number of H-pyrrole nitrogens is 1. The predicted molar refractivity (Wildman–Crippen MR) is 128 cm³/mol. The van der Waals surface area contributed by atoms with E-state index in [0.29, 0.717) is 16.8 Å². The number of carbonyl (C=O) groups is 1. The zero-order chi connectivity index (χ0) is 21.6. The second kappa shape index (κ2) is 10.3. The second-order valence-electron chi connectivity index (χ2n) is 7.41. The Labute approximate surface area is 191 Å². The number of aromatic amines is 1. The molecule has 0 fully saturated rings. The fraction of sp³-hybridized carbons (Fsp3) is 0.292. The van der Waals surface area contributed by atoms with Crippen molar-refractivity contribution >= 4 is 46.0 Å². The van der Waals surface area contributed by atoms with Crippen molar-refractivity contribution in [3.05, 3.63) is 70.9 Å². The van der Waals surface area contributed by atoms with Crippen LogP contribution in [0.15, 0.2) is 54.7 Å². The average molecular weight is 457 g/mol. The summed E-state index contributed by atoms with van der Waals surface area (Å²) in [5, 5.41) is 5.02. The maximum atomic E-state index is 11.6. The second-order valence-corrected chi connectivity index (χ2v) is 8.92. The van der Waals surface area contributed by atoms with Crippen LogP contribution in [0.4, 0.5) is 4.79 Å². The molecule has 2 N–H and O–H groups in total. The molecular formula is C24H25ClN2O3S. The van der Waals surface area contributed by atoms with Crippen molar-refractivity contribution in [3.63, 3.8) is 0 Å². The first kappa shape index (κ1) is 21.8. The summed E-state index contributed by atoms with van der Waals surface area (Å²) in [6.07, 6.45) is 5.61. The molecule has 1 aliphatic rings. The molecule has 2 heterocycles. The lowest BCUT2D eigenvalue weighted by Crippen LogP contribution is -2.33. The van der Waals surface area contributed by atoms with E-state index in [1.165, 1.54) is 18.2 Å². The van der Waals surface area contributed by atoms with E-state index in [0.717, 1.165) is 47.4 Å². The number of benzene rings is 2. The fourth-order valence-corrected chi connectivity index (χ4v) is 5.10. The minimum Gasteiger partial charge on any atom is -0.437 e. The lowest BCUT2D eigenvalue weighted by Gasteiger charge is -2.24. The highest BCUT2D eigenvalue weighted by atomic mass is 35.5. The van der Waals surface area contributed by atoms with Gasteiger partial charge in [-0.05, 0) is 47.4 Å². The first-order chi connectivity index (χ1) is 15.2. The minimum absolute atomic E-state index is 0.453. The van der Waals surface area contributed by atoms with E-state index >= 15 is 0 Å². The Morgan fingerprint density at radius 1 is 1.23 bits per heavy atom. The highest BCUT2D eigenvalue weighted by molar-refractivity contribution is 7.98. The maximum absolute atomic E-state index is 11.6. The monoisotopic (exact) mass is 456 g/mol. The van der Waals surface area contributed by atoms with Crippen LogP contribution in [0.5, 0.6) is 5.75 Å². The highest BCUT2D eigenvalue weighted by Gasteiger charge is 2.18. The molecule has 0 radical (unpaired) electrons. The Morgan fingerprint density at radius 2 is 2.06 bits per heavy atom. The quantitative estimate of drug-likeness (QED) is 0.258. The zero-order valence-electron chi connectivity index (χ0n) is 17.3. The molecule has 0 saturated heterocycles. The van der Waals surface area contributed by atoms with E-state index in [9.17, 15) is 4.79 Å². The van der Waals surface area contributed by atoms with Crippen molar-refractivity contribution in [2.75, 3.05) is 19.4 Å². The van der Waals surface area contributed by atoms with E-state index in [2.05, 4.69) is 51.4 Å². The molecule has 1 aliphatic heterocycles. The maximum Gasteiger partial charge on any atom is 0.513 e. The number of carbonyl (C=O) groups excluding carboxylic acids is 1. The van der Waals surface area contributed by atoms with E-state index in [4.69, 9.17) is 16.3 Å². The van der Waals surface area contributed by atoms with Gasteiger partial charge in [0.15, 0.2) is 0 Å². The number of ether oxygens (including phenoxy) is 2. The molecule has 162 valence electrons. The average Bonchev–Trinajstić information content (AvgIpc) is 3.24. The molecule has 1 aromatic heterocycles. The number of aromatic nitrogens is 1. The third kappa shape index (κ3) is 5.26. The van der Waals surface area contributed by atoms with Gasteiger partial charge in [0.1, 0.15) is 5.75 Å². The Hall–Kier alpha value is -2.41. The Balaban J connectivity index is 1.35. The Kier molecular flexibility index (Phi) is 7.22. The van der Waals surface area contributed by atoms with Crippen LogP contribution in [0.2, 0.25) is 5.02 Å². The number of rotatable bonds is 7. The molecule has 1 unspecified atom stereocenters. The van der Waals surface area contributed by atoms with Gasteiger partial charge < -0.3 is 19.8 Å². The molecule has 3 aromatic rings. The van der Waals surface area contributed by atoms with E-state index in [-0.39, 0.29) is 0 Å². The van der Waals surface area contributed by atoms with Crippen LogP contribution in [0.3, 0.4) is 0 Å². The largest absolute Gasteiger partial charge is 0.513 e. The van der Waals surface area contributed by atoms with Gasteiger partial charge in [0, 0.05) is 29.9 Å². The number of nitrogens with one attached hydrogen (secondary N) is 2. The first-order valence-electron chi connectivity index (χ1n) is 10.3. The van der Waals surface area contributed by atoms with Crippen molar-refractivity contribution in [2.45, 2.75) is 24.6 Å². The number of hydrogen-bond acceptors (Lipinski definition) is 5. The summed E-state index contributed by atoms with van der Waals surface area (Å²) in [7, 11) is 1.29. The van der Waals surface area contributed by atoms with Crippen LogP contribution in [0, 0.1) is 0 Å². The summed E-state index contributed by atoms with van der Waals surface area (Å²) < 4.78 is 9.96. The summed E-state index contributed by atoms with van der Waals surface area (Å²) in [5.41, 5.74) is 4.56. The van der Waals surface area contributed by atoms with Crippen molar-refractivity contribution in [3.8, 4) is 5.75 Å². The molecule has 0 bridgehead atoms. The van der Waals surface area contributed by atoms with Crippen LogP contribution >= 0.6 is 23.4 Å². The molecule has 0 aliphatic carbocycles. The molecular weight excluding hydrogens is 432 g/mol. The first-order valence-corrected chi connectivity index (χ1v) is 11.8. The molecule has 1 atom stereocenters. The summed E-state index contributed by atoms with van der Waals surface area (Å²) in [5.74, 6) is 2.28. The lowest BCUT2D eigenvalue weighted by molar-refractivity contribution is 0.122. The Bertz CT molecular complexity index is 1080. The van der Waals surface area contributed by atoms with Crippen LogP contribution in [0.1, 0.15) is 24.0 Å². The molecule has 7 heteroatoms. The van der Waals surface area contributed by atoms with Gasteiger partial charge in [-0.15, -0.1) is 0 Å². The third-order valence-electron chi connectivity index (χ3n) is 5.42. The predicted octanol–water partition coefficient (Wildman–Crippen LogP) is 6.04. The van der Waals surface area contributed by atoms with Gasteiger partial charge in [0.2, 0.25) is 0 Å². The molecule has 4 rings (SSSR count). The summed E-state index contributed by atoms with van der Waals surface area (Å²) in [6, 6.07) is 14.5. The summed E-state index contributed by atoms with van der Waals surface area (Å²) >= 11 is 8.18. The van der Waals surface area contributed by atoms with Gasteiger partial charge >= 0.3 is 6.16 Å². The fourth-order valence-electron chi connectivity index (χ4n) is 3.85. The third-order valence-corrected chi connectivity index (χ3v) is 6.78. The standard InChI is InChI=1S/C24H25ClN2O3S/c1-29-24(28)30-21-8-7-20(25)23-22(21)18(14-27-23)15-31-12-10-19-13-17(9-11-26-19)16-5-3-2-4-6-16/h2-9,14,19,26-27H,10-13,15H2,1H3. The molecule has 2 aromatic carbocycles. The van der Waals surface area contributed by atoms with Gasteiger partial charge in [0.25, 0.3) is 0 Å². The Morgan fingerprint density at radius 3 is 2.87 bits per heavy atom. The highest BCUT2D eigenvalue weighted by Crippen LogP contribution is 2.35. The zero-order valence-corrected chi connectivity index (χ0v) is 18.9. The van der Waals surface area contributed by atoms with Crippen LogP contribution in [0.25, 0.3) is 16.5 Å². The van der Waals surface area contributed by atoms with Crippen LogP contribution in [-0.4, -0.2) is 36.6 Å². The minimum atomic E-state index is -0.742. The summed E-state index contributed by atoms with van der Waals surface area (Å²) in [4.78, 5) is 14.8.